The predicted molar refractivity (Wildman–Crippen MR) is 95.6 cm³/mol. The Morgan fingerprint density at radius 3 is 2.29 bits per heavy atom. The van der Waals surface area contributed by atoms with E-state index in [4.69, 9.17) is 0 Å². The molecule has 1 heterocycles. The average Bonchev–Trinajstić information content (AvgIpc) is 2.62. The van der Waals surface area contributed by atoms with E-state index in [0.717, 1.165) is 6.42 Å². The molecule has 1 saturated heterocycles. The van der Waals surface area contributed by atoms with E-state index in [1.54, 1.807) is 12.1 Å². The zero-order valence-electron chi connectivity index (χ0n) is 14.4. The van der Waals surface area contributed by atoms with E-state index < -0.39 is 6.10 Å². The maximum Gasteiger partial charge on any atom is 0.256 e. The van der Waals surface area contributed by atoms with Gasteiger partial charge in [-0.2, -0.15) is 0 Å². The maximum absolute atomic E-state index is 12.8. The van der Waals surface area contributed by atoms with Crippen LogP contribution in [0.4, 0.5) is 0 Å². The normalized spacial score (nSPS) is 21.3. The smallest absolute Gasteiger partial charge is 0.256 e. The SMILES string of the molecule is CC1(C)CCN(C(=O)[C@H](O)c2ccccc2)CC1c1ccccc1. The Balaban J connectivity index is 1.79. The van der Waals surface area contributed by atoms with Crippen LogP contribution in [0.15, 0.2) is 60.7 Å². The van der Waals surface area contributed by atoms with Crippen LogP contribution in [-0.2, 0) is 4.79 Å². The summed E-state index contributed by atoms with van der Waals surface area (Å²) >= 11 is 0. The molecular weight excluding hydrogens is 298 g/mol. The lowest BCUT2D eigenvalue weighted by Crippen LogP contribution is -2.47. The summed E-state index contributed by atoms with van der Waals surface area (Å²) in [5, 5.41) is 10.4. The number of amides is 1. The van der Waals surface area contributed by atoms with Crippen LogP contribution in [0.5, 0.6) is 0 Å². The first-order valence-electron chi connectivity index (χ1n) is 8.56. The van der Waals surface area contributed by atoms with Crippen molar-refractivity contribution < 1.29 is 9.90 Å². The van der Waals surface area contributed by atoms with Crippen molar-refractivity contribution in [3.63, 3.8) is 0 Å². The number of nitrogens with zero attached hydrogens (tertiary/aromatic N) is 1. The van der Waals surface area contributed by atoms with Gasteiger partial charge in [-0.1, -0.05) is 74.5 Å². The summed E-state index contributed by atoms with van der Waals surface area (Å²) in [6.07, 6.45) is -0.149. The third-order valence-corrected chi connectivity index (χ3v) is 5.24. The van der Waals surface area contributed by atoms with Crippen molar-refractivity contribution in [3.8, 4) is 0 Å². The standard InChI is InChI=1S/C21H25NO2/c1-21(2)13-14-22(15-18(21)16-9-5-3-6-10-16)20(24)19(23)17-11-7-4-8-12-17/h3-12,18-19,23H,13-15H2,1-2H3/t18?,19-/m1/s1. The topological polar surface area (TPSA) is 40.5 Å². The van der Waals surface area contributed by atoms with Crippen molar-refractivity contribution in [1.29, 1.82) is 0 Å². The molecule has 0 radical (unpaired) electrons. The molecule has 0 bridgehead atoms. The minimum Gasteiger partial charge on any atom is -0.378 e. The second kappa shape index (κ2) is 6.78. The van der Waals surface area contributed by atoms with Crippen LogP contribution in [-0.4, -0.2) is 29.0 Å². The summed E-state index contributed by atoms with van der Waals surface area (Å²) in [6, 6.07) is 19.5. The van der Waals surface area contributed by atoms with Gasteiger partial charge in [0.25, 0.3) is 5.91 Å². The summed E-state index contributed by atoms with van der Waals surface area (Å²) < 4.78 is 0. The van der Waals surface area contributed by atoms with E-state index in [1.807, 2.05) is 41.3 Å². The average molecular weight is 323 g/mol. The second-order valence-electron chi connectivity index (χ2n) is 7.30. The van der Waals surface area contributed by atoms with Crippen molar-refractivity contribution >= 4 is 5.91 Å². The van der Waals surface area contributed by atoms with Gasteiger partial charge < -0.3 is 10.0 Å². The van der Waals surface area contributed by atoms with Crippen LogP contribution < -0.4 is 0 Å². The van der Waals surface area contributed by atoms with Gasteiger partial charge in [-0.05, 0) is 23.0 Å². The first-order valence-corrected chi connectivity index (χ1v) is 8.56. The molecule has 126 valence electrons. The summed E-state index contributed by atoms with van der Waals surface area (Å²) in [5.41, 5.74) is 2.05. The quantitative estimate of drug-likeness (QED) is 0.934. The molecule has 2 aromatic rings. The molecule has 3 nitrogen and oxygen atoms in total. The van der Waals surface area contributed by atoms with E-state index in [-0.39, 0.29) is 17.2 Å². The first-order chi connectivity index (χ1) is 11.5. The predicted octanol–water partition coefficient (Wildman–Crippen LogP) is 3.76. The van der Waals surface area contributed by atoms with E-state index in [9.17, 15) is 9.90 Å². The molecule has 1 N–H and O–H groups in total. The minimum atomic E-state index is -1.08. The minimum absolute atomic E-state index is 0.135. The molecule has 3 rings (SSSR count). The first kappa shape index (κ1) is 16.7. The molecule has 0 aromatic heterocycles. The largest absolute Gasteiger partial charge is 0.378 e. The Morgan fingerprint density at radius 1 is 1.08 bits per heavy atom. The maximum atomic E-state index is 12.8. The van der Waals surface area contributed by atoms with Gasteiger partial charge in [-0.15, -0.1) is 0 Å². The number of hydrogen-bond acceptors (Lipinski definition) is 2. The van der Waals surface area contributed by atoms with Gasteiger partial charge in [0.15, 0.2) is 6.10 Å². The number of hydrogen-bond donors (Lipinski definition) is 1. The van der Waals surface area contributed by atoms with Crippen LogP contribution in [0.2, 0.25) is 0 Å². The van der Waals surface area contributed by atoms with Gasteiger partial charge in [0.1, 0.15) is 0 Å². The third-order valence-electron chi connectivity index (χ3n) is 5.24. The van der Waals surface area contributed by atoms with E-state index >= 15 is 0 Å². The van der Waals surface area contributed by atoms with Crippen LogP contribution >= 0.6 is 0 Å². The molecule has 2 atom stereocenters. The molecule has 1 fully saturated rings. The number of carbonyl (C=O) groups excluding carboxylic acids is 1. The monoisotopic (exact) mass is 323 g/mol. The molecule has 24 heavy (non-hydrogen) atoms. The number of carbonyl (C=O) groups is 1. The number of aliphatic hydroxyl groups excluding tert-OH is 1. The van der Waals surface area contributed by atoms with Gasteiger partial charge in [-0.3, -0.25) is 4.79 Å². The molecule has 0 aliphatic carbocycles. The summed E-state index contributed by atoms with van der Waals surface area (Å²) in [7, 11) is 0. The van der Waals surface area contributed by atoms with Gasteiger partial charge in [0, 0.05) is 19.0 Å². The van der Waals surface area contributed by atoms with Crippen molar-refractivity contribution in [2.75, 3.05) is 13.1 Å². The Labute approximate surface area is 143 Å². The number of piperidine rings is 1. The molecule has 1 aliphatic heterocycles. The molecule has 0 spiro atoms. The Morgan fingerprint density at radius 2 is 1.67 bits per heavy atom. The fourth-order valence-electron chi connectivity index (χ4n) is 3.55. The molecule has 0 saturated carbocycles. The number of likely N-dealkylation sites (tertiary alicyclic amines) is 1. The zero-order valence-corrected chi connectivity index (χ0v) is 14.4. The molecular formula is C21H25NO2. The third kappa shape index (κ3) is 3.36. The van der Waals surface area contributed by atoms with Crippen LogP contribution in [0.1, 0.15) is 43.4 Å². The number of benzene rings is 2. The highest BCUT2D eigenvalue weighted by Crippen LogP contribution is 2.42. The number of aliphatic hydroxyl groups is 1. The highest BCUT2D eigenvalue weighted by molar-refractivity contribution is 5.82. The van der Waals surface area contributed by atoms with Gasteiger partial charge in [0.05, 0.1) is 0 Å². The Hall–Kier alpha value is -2.13. The lowest BCUT2D eigenvalue weighted by atomic mass is 9.70. The lowest BCUT2D eigenvalue weighted by Gasteiger charge is -2.44. The van der Waals surface area contributed by atoms with E-state index in [1.165, 1.54) is 5.56 Å². The molecule has 1 unspecified atom stereocenters. The van der Waals surface area contributed by atoms with Gasteiger partial charge in [-0.25, -0.2) is 0 Å². The van der Waals surface area contributed by atoms with Gasteiger partial charge in [0.2, 0.25) is 0 Å². The fourth-order valence-corrected chi connectivity index (χ4v) is 3.55. The fraction of sp³-hybridized carbons (Fsp3) is 0.381. The second-order valence-corrected chi connectivity index (χ2v) is 7.30. The molecule has 1 aliphatic rings. The van der Waals surface area contributed by atoms with Crippen molar-refractivity contribution in [1.82, 2.24) is 4.90 Å². The lowest BCUT2D eigenvalue weighted by molar-refractivity contribution is -0.143. The molecule has 1 amide bonds. The van der Waals surface area contributed by atoms with E-state index in [2.05, 4.69) is 26.0 Å². The van der Waals surface area contributed by atoms with Crippen molar-refractivity contribution in [2.24, 2.45) is 5.41 Å². The van der Waals surface area contributed by atoms with Crippen LogP contribution in [0.3, 0.4) is 0 Å². The van der Waals surface area contributed by atoms with Gasteiger partial charge >= 0.3 is 0 Å². The summed E-state index contributed by atoms with van der Waals surface area (Å²) in [6.45, 7) is 5.87. The van der Waals surface area contributed by atoms with Crippen molar-refractivity contribution in [3.05, 3.63) is 71.8 Å². The van der Waals surface area contributed by atoms with Crippen LogP contribution in [0.25, 0.3) is 0 Å². The highest BCUT2D eigenvalue weighted by Gasteiger charge is 2.39. The summed E-state index contributed by atoms with van der Waals surface area (Å²) in [4.78, 5) is 14.6. The number of rotatable bonds is 3. The van der Waals surface area contributed by atoms with Crippen LogP contribution in [0, 0.1) is 5.41 Å². The van der Waals surface area contributed by atoms with E-state index in [0.29, 0.717) is 18.7 Å². The molecule has 3 heteroatoms. The highest BCUT2D eigenvalue weighted by atomic mass is 16.3. The zero-order chi connectivity index (χ0) is 17.2. The Bertz CT molecular complexity index is 681. The molecule has 2 aromatic carbocycles. The summed E-state index contributed by atoms with van der Waals surface area (Å²) in [5.74, 6) is 0.0806. The van der Waals surface area contributed by atoms with Crippen molar-refractivity contribution in [2.45, 2.75) is 32.3 Å². The Kier molecular flexibility index (Phi) is 4.72.